The minimum atomic E-state index is 0.331. The fourth-order valence-electron chi connectivity index (χ4n) is 3.42. The van der Waals surface area contributed by atoms with Crippen molar-refractivity contribution in [1.82, 2.24) is 4.90 Å². The van der Waals surface area contributed by atoms with E-state index in [1.807, 2.05) is 0 Å². The van der Waals surface area contributed by atoms with Crippen molar-refractivity contribution in [2.45, 2.75) is 38.5 Å². The molecule has 1 aromatic rings. The van der Waals surface area contributed by atoms with Crippen LogP contribution in [0.4, 0.5) is 0 Å². The largest absolute Gasteiger partial charge is 0.375 e. The van der Waals surface area contributed by atoms with Crippen LogP contribution in [-0.2, 0) is 11.3 Å². The maximum Gasteiger partial charge on any atom is 0.0721 e. The summed E-state index contributed by atoms with van der Waals surface area (Å²) in [5.74, 6) is 0.691. The normalized spacial score (nSPS) is 26.9. The fraction of sp³-hybridized carbons (Fsp3) is 0.625. The molecule has 1 saturated heterocycles. The van der Waals surface area contributed by atoms with E-state index in [1.165, 1.54) is 24.0 Å². The molecule has 0 saturated carbocycles. The van der Waals surface area contributed by atoms with Crippen molar-refractivity contribution < 1.29 is 4.74 Å². The highest BCUT2D eigenvalue weighted by Crippen LogP contribution is 2.32. The monoisotopic (exact) mass is 260 g/mol. The van der Waals surface area contributed by atoms with Gasteiger partial charge in [0.05, 0.1) is 19.3 Å². The molecule has 2 aliphatic rings. The van der Waals surface area contributed by atoms with E-state index in [0.29, 0.717) is 18.0 Å². The summed E-state index contributed by atoms with van der Waals surface area (Å²) in [6, 6.07) is 9.48. The van der Waals surface area contributed by atoms with Crippen LogP contribution in [0.3, 0.4) is 0 Å². The van der Waals surface area contributed by atoms with E-state index in [4.69, 9.17) is 10.5 Å². The van der Waals surface area contributed by atoms with Crippen LogP contribution < -0.4 is 5.73 Å². The van der Waals surface area contributed by atoms with E-state index >= 15 is 0 Å². The number of rotatable bonds is 2. The average molecular weight is 260 g/mol. The summed E-state index contributed by atoms with van der Waals surface area (Å²) < 4.78 is 5.77. The Morgan fingerprint density at radius 1 is 1.26 bits per heavy atom. The van der Waals surface area contributed by atoms with Gasteiger partial charge in [-0.1, -0.05) is 24.3 Å². The number of fused-ring (bicyclic) bond motifs is 1. The smallest absolute Gasteiger partial charge is 0.0721 e. The third-order valence-corrected chi connectivity index (χ3v) is 4.71. The second-order valence-corrected chi connectivity index (χ2v) is 5.96. The quantitative estimate of drug-likeness (QED) is 0.887. The average Bonchev–Trinajstić information content (AvgIpc) is 2.47. The number of piperidine rings is 1. The van der Waals surface area contributed by atoms with Crippen LogP contribution in [0.2, 0.25) is 0 Å². The SMILES string of the molecule is CC(N)C1CCN(C2COCc3ccccc32)CC1. The van der Waals surface area contributed by atoms with E-state index in [0.717, 1.165) is 26.3 Å². The molecule has 2 aliphatic heterocycles. The fourth-order valence-corrected chi connectivity index (χ4v) is 3.42. The molecule has 0 aliphatic carbocycles. The minimum absolute atomic E-state index is 0.331. The standard InChI is InChI=1S/C16H24N2O/c1-12(17)13-6-8-18(9-7-13)16-11-19-10-14-4-2-3-5-15(14)16/h2-5,12-13,16H,6-11,17H2,1H3. The lowest BCUT2D eigenvalue weighted by atomic mass is 9.88. The maximum atomic E-state index is 6.02. The Labute approximate surface area is 115 Å². The Balaban J connectivity index is 1.71. The van der Waals surface area contributed by atoms with Crippen molar-refractivity contribution in [2.24, 2.45) is 11.7 Å². The first-order chi connectivity index (χ1) is 9.25. The van der Waals surface area contributed by atoms with Gasteiger partial charge >= 0.3 is 0 Å². The minimum Gasteiger partial charge on any atom is -0.375 e. The van der Waals surface area contributed by atoms with Gasteiger partial charge in [0.25, 0.3) is 0 Å². The Kier molecular flexibility index (Phi) is 3.87. The predicted molar refractivity (Wildman–Crippen MR) is 76.8 cm³/mol. The van der Waals surface area contributed by atoms with Crippen molar-refractivity contribution in [2.75, 3.05) is 19.7 Å². The zero-order chi connectivity index (χ0) is 13.2. The molecule has 0 amide bonds. The third kappa shape index (κ3) is 2.69. The highest BCUT2D eigenvalue weighted by molar-refractivity contribution is 5.31. The number of hydrogen-bond donors (Lipinski definition) is 1. The van der Waals surface area contributed by atoms with Crippen molar-refractivity contribution in [3.63, 3.8) is 0 Å². The van der Waals surface area contributed by atoms with Gasteiger partial charge in [-0.2, -0.15) is 0 Å². The van der Waals surface area contributed by atoms with Crippen LogP contribution in [0.1, 0.15) is 36.9 Å². The number of benzene rings is 1. The van der Waals surface area contributed by atoms with Crippen molar-refractivity contribution in [1.29, 1.82) is 0 Å². The Morgan fingerprint density at radius 3 is 2.74 bits per heavy atom. The molecule has 1 aromatic carbocycles. The Hall–Kier alpha value is -0.900. The number of ether oxygens (including phenoxy) is 1. The lowest BCUT2D eigenvalue weighted by molar-refractivity contribution is 0.0168. The van der Waals surface area contributed by atoms with Crippen LogP contribution in [-0.4, -0.2) is 30.6 Å². The predicted octanol–water partition coefficient (Wildman–Crippen LogP) is 2.32. The number of likely N-dealkylation sites (tertiary alicyclic amines) is 1. The van der Waals surface area contributed by atoms with Crippen molar-refractivity contribution in [3.05, 3.63) is 35.4 Å². The molecule has 19 heavy (non-hydrogen) atoms. The number of nitrogens with zero attached hydrogens (tertiary/aromatic N) is 1. The zero-order valence-corrected chi connectivity index (χ0v) is 11.7. The van der Waals surface area contributed by atoms with Gasteiger partial charge in [-0.15, -0.1) is 0 Å². The Bertz CT molecular complexity index is 425. The molecule has 0 aromatic heterocycles. The van der Waals surface area contributed by atoms with Gasteiger partial charge in [-0.3, -0.25) is 4.90 Å². The molecule has 0 spiro atoms. The van der Waals surface area contributed by atoms with Gasteiger partial charge in [0.2, 0.25) is 0 Å². The second-order valence-electron chi connectivity index (χ2n) is 5.96. The lowest BCUT2D eigenvalue weighted by Crippen LogP contribution is -2.43. The van der Waals surface area contributed by atoms with Crippen molar-refractivity contribution in [3.8, 4) is 0 Å². The van der Waals surface area contributed by atoms with Crippen LogP contribution >= 0.6 is 0 Å². The molecule has 104 valence electrons. The van der Waals surface area contributed by atoms with Crippen LogP contribution in [0.15, 0.2) is 24.3 Å². The van der Waals surface area contributed by atoms with Crippen LogP contribution in [0, 0.1) is 5.92 Å². The molecule has 2 atom stereocenters. The molecule has 3 rings (SSSR count). The Morgan fingerprint density at radius 2 is 2.00 bits per heavy atom. The molecule has 0 radical (unpaired) electrons. The van der Waals surface area contributed by atoms with Gasteiger partial charge in [-0.05, 0) is 49.9 Å². The van der Waals surface area contributed by atoms with Crippen LogP contribution in [0.5, 0.6) is 0 Å². The molecule has 2 N–H and O–H groups in total. The summed E-state index contributed by atoms with van der Waals surface area (Å²) in [4.78, 5) is 2.58. The van der Waals surface area contributed by atoms with Gasteiger partial charge < -0.3 is 10.5 Å². The summed E-state index contributed by atoms with van der Waals surface area (Å²) in [6.45, 7) is 6.03. The summed E-state index contributed by atoms with van der Waals surface area (Å²) in [7, 11) is 0. The zero-order valence-electron chi connectivity index (χ0n) is 11.7. The van der Waals surface area contributed by atoms with E-state index in [1.54, 1.807) is 0 Å². The first kappa shape index (κ1) is 13.1. The van der Waals surface area contributed by atoms with E-state index < -0.39 is 0 Å². The first-order valence-electron chi connectivity index (χ1n) is 7.41. The highest BCUT2D eigenvalue weighted by Gasteiger charge is 2.30. The van der Waals surface area contributed by atoms with E-state index in [9.17, 15) is 0 Å². The molecular weight excluding hydrogens is 236 g/mol. The van der Waals surface area contributed by atoms with Gasteiger partial charge in [0, 0.05) is 6.04 Å². The van der Waals surface area contributed by atoms with Crippen molar-refractivity contribution >= 4 is 0 Å². The lowest BCUT2D eigenvalue weighted by Gasteiger charge is -2.40. The molecule has 2 unspecified atom stereocenters. The first-order valence-corrected chi connectivity index (χ1v) is 7.41. The molecule has 0 bridgehead atoms. The molecule has 3 nitrogen and oxygen atoms in total. The maximum absolute atomic E-state index is 6.02. The molecule has 2 heterocycles. The van der Waals surface area contributed by atoms with Gasteiger partial charge in [0.1, 0.15) is 0 Å². The number of hydrogen-bond acceptors (Lipinski definition) is 3. The second kappa shape index (κ2) is 5.61. The summed E-state index contributed by atoms with van der Waals surface area (Å²) in [6.07, 6.45) is 2.44. The molecule has 3 heteroatoms. The summed E-state index contributed by atoms with van der Waals surface area (Å²) in [5.41, 5.74) is 8.84. The summed E-state index contributed by atoms with van der Waals surface area (Å²) in [5, 5.41) is 0. The number of nitrogens with two attached hydrogens (primary N) is 1. The van der Waals surface area contributed by atoms with E-state index in [2.05, 4.69) is 36.1 Å². The summed E-state index contributed by atoms with van der Waals surface area (Å²) >= 11 is 0. The third-order valence-electron chi connectivity index (χ3n) is 4.71. The van der Waals surface area contributed by atoms with Crippen LogP contribution in [0.25, 0.3) is 0 Å². The van der Waals surface area contributed by atoms with Gasteiger partial charge in [0.15, 0.2) is 0 Å². The molecular formula is C16H24N2O. The van der Waals surface area contributed by atoms with E-state index in [-0.39, 0.29) is 0 Å². The van der Waals surface area contributed by atoms with Gasteiger partial charge in [-0.25, -0.2) is 0 Å². The molecule has 1 fully saturated rings. The topological polar surface area (TPSA) is 38.5 Å². The highest BCUT2D eigenvalue weighted by atomic mass is 16.5.